The minimum Gasteiger partial charge on any atom is -0.338 e. The zero-order valence-electron chi connectivity index (χ0n) is 9.30. The number of likely N-dealkylation sites (tertiary alicyclic amines) is 1. The molecule has 5 heteroatoms. The van der Waals surface area contributed by atoms with Gasteiger partial charge in [0.1, 0.15) is 0 Å². The fourth-order valence-corrected chi connectivity index (χ4v) is 2.89. The molecule has 0 spiro atoms. The van der Waals surface area contributed by atoms with Crippen LogP contribution in [0.5, 0.6) is 0 Å². The highest BCUT2D eigenvalue weighted by molar-refractivity contribution is 7.08. The molecular weight excluding hydrogens is 234 g/mol. The molecule has 88 valence electrons. The molecule has 0 aliphatic carbocycles. The monoisotopic (exact) mass is 247 g/mol. The van der Waals surface area contributed by atoms with Crippen molar-refractivity contribution in [1.82, 2.24) is 15.1 Å². The third-order valence-corrected chi connectivity index (χ3v) is 3.89. The van der Waals surface area contributed by atoms with Crippen molar-refractivity contribution < 1.29 is 4.79 Å². The van der Waals surface area contributed by atoms with E-state index in [9.17, 15) is 4.79 Å². The van der Waals surface area contributed by atoms with E-state index in [0.717, 1.165) is 30.8 Å². The molecule has 0 aromatic carbocycles. The number of nitrogens with zero attached hydrogens (tertiary/aromatic N) is 2. The number of hydrogen-bond acceptors (Lipinski definition) is 3. The van der Waals surface area contributed by atoms with Crippen LogP contribution in [-0.2, 0) is 0 Å². The van der Waals surface area contributed by atoms with Crippen LogP contribution in [0.3, 0.4) is 0 Å². The second-order valence-corrected chi connectivity index (χ2v) is 5.04. The first kappa shape index (κ1) is 10.5. The van der Waals surface area contributed by atoms with Gasteiger partial charge in [-0.1, -0.05) is 0 Å². The maximum atomic E-state index is 12.1. The van der Waals surface area contributed by atoms with E-state index in [-0.39, 0.29) is 5.91 Å². The van der Waals surface area contributed by atoms with Crippen molar-refractivity contribution in [2.24, 2.45) is 0 Å². The fraction of sp³-hybridized carbons (Fsp3) is 0.333. The van der Waals surface area contributed by atoms with Crippen molar-refractivity contribution in [3.8, 4) is 0 Å². The van der Waals surface area contributed by atoms with Crippen molar-refractivity contribution >= 4 is 17.2 Å². The molecule has 1 N–H and O–H groups in total. The Hall–Kier alpha value is -1.62. The minimum atomic E-state index is 0.147. The molecule has 1 aliphatic rings. The third-order valence-electron chi connectivity index (χ3n) is 3.21. The predicted octanol–water partition coefficient (Wildman–Crippen LogP) is 2.10. The van der Waals surface area contributed by atoms with Crippen molar-refractivity contribution in [2.75, 3.05) is 13.1 Å². The quantitative estimate of drug-likeness (QED) is 0.883. The average molecular weight is 247 g/mol. The highest BCUT2D eigenvalue weighted by atomic mass is 32.1. The molecule has 1 saturated heterocycles. The number of carbonyl (C=O) groups excluding carboxylic acids is 1. The Labute approximate surface area is 103 Å². The van der Waals surface area contributed by atoms with Crippen LogP contribution in [0.2, 0.25) is 0 Å². The van der Waals surface area contributed by atoms with Crippen molar-refractivity contribution in [3.63, 3.8) is 0 Å². The van der Waals surface area contributed by atoms with Crippen LogP contribution >= 0.6 is 11.3 Å². The summed E-state index contributed by atoms with van der Waals surface area (Å²) in [5.74, 6) is 0.549. The summed E-state index contributed by atoms with van der Waals surface area (Å²) < 4.78 is 0. The van der Waals surface area contributed by atoms with E-state index < -0.39 is 0 Å². The maximum Gasteiger partial charge on any atom is 0.254 e. The van der Waals surface area contributed by atoms with Crippen molar-refractivity contribution in [2.45, 2.75) is 12.3 Å². The number of thiophene rings is 1. The first-order valence-electron chi connectivity index (χ1n) is 5.65. The molecule has 4 nitrogen and oxygen atoms in total. The lowest BCUT2D eigenvalue weighted by Gasteiger charge is -2.15. The van der Waals surface area contributed by atoms with Gasteiger partial charge in [0.15, 0.2) is 0 Å². The fourth-order valence-electron chi connectivity index (χ4n) is 2.26. The molecule has 1 fully saturated rings. The summed E-state index contributed by atoms with van der Waals surface area (Å²) in [6.07, 6.45) is 2.77. The zero-order valence-corrected chi connectivity index (χ0v) is 10.1. The van der Waals surface area contributed by atoms with Crippen LogP contribution in [0, 0.1) is 0 Å². The van der Waals surface area contributed by atoms with E-state index in [1.165, 1.54) is 0 Å². The molecule has 0 unspecified atom stereocenters. The number of aromatic nitrogens is 2. The molecule has 2 aromatic heterocycles. The Bertz CT molecular complexity index is 492. The first-order valence-corrected chi connectivity index (χ1v) is 6.59. The van der Waals surface area contributed by atoms with E-state index >= 15 is 0 Å². The number of amides is 1. The minimum absolute atomic E-state index is 0.147. The molecule has 1 aliphatic heterocycles. The van der Waals surface area contributed by atoms with Gasteiger partial charge in [-0.25, -0.2) is 0 Å². The van der Waals surface area contributed by atoms with Gasteiger partial charge in [-0.3, -0.25) is 9.89 Å². The Morgan fingerprint density at radius 3 is 3.18 bits per heavy atom. The molecule has 3 heterocycles. The molecule has 1 amide bonds. The van der Waals surface area contributed by atoms with Gasteiger partial charge >= 0.3 is 0 Å². The lowest BCUT2D eigenvalue weighted by molar-refractivity contribution is 0.0791. The highest BCUT2D eigenvalue weighted by Crippen LogP contribution is 2.26. The lowest BCUT2D eigenvalue weighted by atomic mass is 10.1. The van der Waals surface area contributed by atoms with Gasteiger partial charge in [-0.2, -0.15) is 16.4 Å². The van der Waals surface area contributed by atoms with E-state index in [4.69, 9.17) is 0 Å². The molecule has 0 bridgehead atoms. The summed E-state index contributed by atoms with van der Waals surface area (Å²) in [5.41, 5.74) is 1.94. The zero-order chi connectivity index (χ0) is 11.7. The van der Waals surface area contributed by atoms with Gasteiger partial charge in [0.2, 0.25) is 0 Å². The summed E-state index contributed by atoms with van der Waals surface area (Å²) in [6, 6.07) is 3.87. The second-order valence-electron chi connectivity index (χ2n) is 4.26. The van der Waals surface area contributed by atoms with E-state index in [0.29, 0.717) is 5.92 Å². The number of H-pyrrole nitrogens is 1. The van der Waals surface area contributed by atoms with Gasteiger partial charge in [0.05, 0.1) is 5.56 Å². The largest absolute Gasteiger partial charge is 0.338 e. The standard InChI is InChI=1S/C12H13N3OS/c16-12(10-3-6-17-8-10)15-5-2-9(7-15)11-1-4-13-14-11/h1,3-4,6,8-9H,2,5,7H2,(H,13,14)/t9-/m1/s1. The van der Waals surface area contributed by atoms with Gasteiger partial charge in [0, 0.05) is 36.3 Å². The van der Waals surface area contributed by atoms with Crippen LogP contribution < -0.4 is 0 Å². The topological polar surface area (TPSA) is 49.0 Å². The van der Waals surface area contributed by atoms with Crippen LogP contribution in [0.1, 0.15) is 28.4 Å². The average Bonchev–Trinajstić information content (AvgIpc) is 3.09. The molecule has 2 aromatic rings. The van der Waals surface area contributed by atoms with Crippen molar-refractivity contribution in [1.29, 1.82) is 0 Å². The van der Waals surface area contributed by atoms with Crippen LogP contribution in [-0.4, -0.2) is 34.1 Å². The molecule has 17 heavy (non-hydrogen) atoms. The number of aromatic amines is 1. The Morgan fingerprint density at radius 2 is 2.47 bits per heavy atom. The van der Waals surface area contributed by atoms with E-state index in [1.807, 2.05) is 27.8 Å². The van der Waals surface area contributed by atoms with Gasteiger partial charge in [-0.15, -0.1) is 0 Å². The first-order chi connectivity index (χ1) is 8.34. The number of carbonyl (C=O) groups is 1. The van der Waals surface area contributed by atoms with Gasteiger partial charge < -0.3 is 4.90 Å². The number of hydrogen-bond donors (Lipinski definition) is 1. The summed E-state index contributed by atoms with van der Waals surface area (Å²) in [6.45, 7) is 1.62. The predicted molar refractivity (Wildman–Crippen MR) is 66.2 cm³/mol. The SMILES string of the molecule is O=C(c1ccsc1)N1CC[C@@H](c2ccn[nH]2)C1. The second kappa shape index (κ2) is 4.33. The molecule has 0 radical (unpaired) electrons. The third kappa shape index (κ3) is 1.98. The van der Waals surface area contributed by atoms with Gasteiger partial charge in [-0.05, 0) is 23.9 Å². The van der Waals surface area contributed by atoms with E-state index in [2.05, 4.69) is 10.2 Å². The Kier molecular flexibility index (Phi) is 2.68. The molecule has 1 atom stereocenters. The lowest BCUT2D eigenvalue weighted by Crippen LogP contribution is -2.28. The van der Waals surface area contributed by atoms with Crippen LogP contribution in [0.25, 0.3) is 0 Å². The van der Waals surface area contributed by atoms with E-state index in [1.54, 1.807) is 17.5 Å². The summed E-state index contributed by atoms with van der Waals surface area (Å²) in [5, 5.41) is 10.8. The summed E-state index contributed by atoms with van der Waals surface area (Å²) >= 11 is 1.56. The maximum absolute atomic E-state index is 12.1. The van der Waals surface area contributed by atoms with Crippen LogP contribution in [0.4, 0.5) is 0 Å². The smallest absolute Gasteiger partial charge is 0.254 e. The van der Waals surface area contributed by atoms with Crippen molar-refractivity contribution in [3.05, 3.63) is 40.3 Å². The molecular formula is C12H13N3OS. The molecule has 3 rings (SSSR count). The Morgan fingerprint density at radius 1 is 1.53 bits per heavy atom. The van der Waals surface area contributed by atoms with Crippen LogP contribution in [0.15, 0.2) is 29.1 Å². The normalized spacial score (nSPS) is 19.8. The molecule has 0 saturated carbocycles. The highest BCUT2D eigenvalue weighted by Gasteiger charge is 2.28. The summed E-state index contributed by atoms with van der Waals surface area (Å²) in [4.78, 5) is 14.1. The van der Waals surface area contributed by atoms with Gasteiger partial charge in [0.25, 0.3) is 5.91 Å². The number of rotatable bonds is 2. The Balaban J connectivity index is 1.70. The number of nitrogens with one attached hydrogen (secondary N) is 1. The summed E-state index contributed by atoms with van der Waals surface area (Å²) in [7, 11) is 0.